The van der Waals surface area contributed by atoms with Crippen molar-refractivity contribution in [2.24, 2.45) is 0 Å². The lowest BCUT2D eigenvalue weighted by Crippen LogP contribution is -2.00. The van der Waals surface area contributed by atoms with Gasteiger partial charge in [-0.2, -0.15) is 0 Å². The smallest absolute Gasteiger partial charge is 0.0884 e. The van der Waals surface area contributed by atoms with Crippen LogP contribution in [0.1, 0.15) is 22.8 Å². The fourth-order valence-corrected chi connectivity index (χ4v) is 2.65. The van der Waals surface area contributed by atoms with Crippen LogP contribution in [-0.4, -0.2) is 10.9 Å². The van der Waals surface area contributed by atoms with E-state index in [1.165, 1.54) is 16.0 Å². The van der Waals surface area contributed by atoms with Crippen molar-refractivity contribution in [2.45, 2.75) is 24.8 Å². The summed E-state index contributed by atoms with van der Waals surface area (Å²) >= 11 is 1.69. The molecule has 0 saturated carbocycles. The van der Waals surface area contributed by atoms with Crippen LogP contribution in [0.4, 0.5) is 0 Å². The predicted molar refractivity (Wildman–Crippen MR) is 78.0 cm³/mol. The Kier molecular flexibility index (Phi) is 4.45. The number of thioether (sulfide) groups is 1. The summed E-state index contributed by atoms with van der Waals surface area (Å²) in [5.41, 5.74) is 3.44. The molecule has 2 aromatic carbocycles. The molecular weight excluding hydrogens is 240 g/mol. The zero-order valence-corrected chi connectivity index (χ0v) is 11.6. The van der Waals surface area contributed by atoms with Gasteiger partial charge in [0.05, 0.1) is 6.10 Å². The topological polar surface area (TPSA) is 20.2 Å². The van der Waals surface area contributed by atoms with Gasteiger partial charge in [0.2, 0.25) is 0 Å². The minimum atomic E-state index is -0.406. The highest BCUT2D eigenvalue weighted by molar-refractivity contribution is 7.99. The molecule has 0 fully saturated rings. The molecule has 2 heteroatoms. The Morgan fingerprint density at radius 1 is 1.00 bits per heavy atom. The molecular formula is C16H18OS. The van der Waals surface area contributed by atoms with E-state index in [0.717, 1.165) is 5.56 Å². The van der Waals surface area contributed by atoms with E-state index in [4.69, 9.17) is 0 Å². The number of rotatable bonds is 4. The molecule has 0 heterocycles. The van der Waals surface area contributed by atoms with Crippen LogP contribution in [-0.2, 0) is 0 Å². The van der Waals surface area contributed by atoms with Crippen LogP contribution in [0.5, 0.6) is 0 Å². The van der Waals surface area contributed by atoms with Gasteiger partial charge in [-0.25, -0.2) is 0 Å². The fraction of sp³-hybridized carbons (Fsp3) is 0.250. The van der Waals surface area contributed by atoms with Crippen LogP contribution in [0.3, 0.4) is 0 Å². The van der Waals surface area contributed by atoms with Crippen LogP contribution < -0.4 is 0 Å². The van der Waals surface area contributed by atoms with Gasteiger partial charge in [-0.3, -0.25) is 0 Å². The first kappa shape index (κ1) is 13.2. The van der Waals surface area contributed by atoms with Crippen LogP contribution in [0.25, 0.3) is 0 Å². The quantitative estimate of drug-likeness (QED) is 0.832. The molecule has 2 rings (SSSR count). The van der Waals surface area contributed by atoms with E-state index < -0.39 is 6.10 Å². The molecule has 2 aromatic rings. The van der Waals surface area contributed by atoms with Crippen molar-refractivity contribution >= 4 is 11.8 Å². The van der Waals surface area contributed by atoms with Crippen LogP contribution >= 0.6 is 11.8 Å². The molecule has 94 valence electrons. The first-order valence-corrected chi connectivity index (χ1v) is 7.08. The third-order valence-electron chi connectivity index (χ3n) is 2.86. The molecule has 0 aromatic heterocycles. The van der Waals surface area contributed by atoms with Crippen molar-refractivity contribution < 1.29 is 5.11 Å². The van der Waals surface area contributed by atoms with Gasteiger partial charge in [0.15, 0.2) is 0 Å². The second-order valence-electron chi connectivity index (χ2n) is 4.55. The highest BCUT2D eigenvalue weighted by Gasteiger charge is 2.08. The average molecular weight is 258 g/mol. The normalized spacial score (nSPS) is 12.4. The monoisotopic (exact) mass is 258 g/mol. The lowest BCUT2D eigenvalue weighted by molar-refractivity contribution is 0.204. The molecule has 1 nitrogen and oxygen atoms in total. The summed E-state index contributed by atoms with van der Waals surface area (Å²) in [5.74, 6) is 0.687. The van der Waals surface area contributed by atoms with E-state index in [1.54, 1.807) is 11.8 Å². The van der Waals surface area contributed by atoms with Gasteiger partial charge < -0.3 is 5.11 Å². The van der Waals surface area contributed by atoms with Crippen molar-refractivity contribution in [3.05, 3.63) is 65.2 Å². The number of hydrogen-bond acceptors (Lipinski definition) is 2. The Hall–Kier alpha value is -1.25. The minimum Gasteiger partial charge on any atom is -0.388 e. The number of aliphatic hydroxyl groups is 1. The standard InChI is InChI=1S/C16H18OS/c1-12-6-8-15(9-7-12)18-11-16(17)14-5-3-4-13(2)10-14/h3-10,16-17H,11H2,1-2H3. The van der Waals surface area contributed by atoms with E-state index in [-0.39, 0.29) is 0 Å². The average Bonchev–Trinajstić information content (AvgIpc) is 2.38. The zero-order chi connectivity index (χ0) is 13.0. The summed E-state index contributed by atoms with van der Waals surface area (Å²) in [5, 5.41) is 10.1. The van der Waals surface area contributed by atoms with Crippen LogP contribution in [0.2, 0.25) is 0 Å². The van der Waals surface area contributed by atoms with Crippen molar-refractivity contribution in [3.8, 4) is 0 Å². The Morgan fingerprint density at radius 2 is 1.72 bits per heavy atom. The lowest BCUT2D eigenvalue weighted by Gasteiger charge is -2.11. The Balaban J connectivity index is 1.96. The third kappa shape index (κ3) is 3.62. The molecule has 0 amide bonds. The van der Waals surface area contributed by atoms with E-state index >= 15 is 0 Å². The van der Waals surface area contributed by atoms with Gasteiger partial charge in [0.1, 0.15) is 0 Å². The Bertz CT molecular complexity index is 505. The molecule has 1 N–H and O–H groups in total. The molecule has 0 bridgehead atoms. The molecule has 0 aliphatic carbocycles. The Morgan fingerprint density at radius 3 is 2.39 bits per heavy atom. The summed E-state index contributed by atoms with van der Waals surface area (Å²) in [7, 11) is 0. The summed E-state index contributed by atoms with van der Waals surface area (Å²) in [6.07, 6.45) is -0.406. The SMILES string of the molecule is Cc1ccc(SCC(O)c2cccc(C)c2)cc1. The Labute approximate surface area is 113 Å². The van der Waals surface area contributed by atoms with Gasteiger partial charge in [-0.15, -0.1) is 11.8 Å². The summed E-state index contributed by atoms with van der Waals surface area (Å²) in [4.78, 5) is 1.20. The van der Waals surface area contributed by atoms with E-state index in [9.17, 15) is 5.11 Å². The summed E-state index contributed by atoms with van der Waals surface area (Å²) < 4.78 is 0. The van der Waals surface area contributed by atoms with Crippen LogP contribution in [0, 0.1) is 13.8 Å². The molecule has 0 radical (unpaired) electrons. The number of aliphatic hydroxyl groups excluding tert-OH is 1. The maximum absolute atomic E-state index is 10.1. The second kappa shape index (κ2) is 6.07. The van der Waals surface area contributed by atoms with E-state index in [2.05, 4.69) is 31.2 Å². The molecule has 18 heavy (non-hydrogen) atoms. The number of benzene rings is 2. The summed E-state index contributed by atoms with van der Waals surface area (Å²) in [6.45, 7) is 4.12. The minimum absolute atomic E-state index is 0.406. The van der Waals surface area contributed by atoms with Crippen molar-refractivity contribution in [1.82, 2.24) is 0 Å². The highest BCUT2D eigenvalue weighted by Crippen LogP contribution is 2.25. The van der Waals surface area contributed by atoms with Gasteiger partial charge in [-0.05, 0) is 31.5 Å². The van der Waals surface area contributed by atoms with Crippen molar-refractivity contribution in [1.29, 1.82) is 0 Å². The number of aryl methyl sites for hydroxylation is 2. The summed E-state index contributed by atoms with van der Waals surface area (Å²) in [6, 6.07) is 16.5. The van der Waals surface area contributed by atoms with Crippen LogP contribution in [0.15, 0.2) is 53.4 Å². The van der Waals surface area contributed by atoms with Gasteiger partial charge in [0.25, 0.3) is 0 Å². The maximum atomic E-state index is 10.1. The largest absolute Gasteiger partial charge is 0.388 e. The zero-order valence-electron chi connectivity index (χ0n) is 10.8. The fourth-order valence-electron chi connectivity index (χ4n) is 1.78. The first-order valence-electron chi connectivity index (χ1n) is 6.09. The van der Waals surface area contributed by atoms with Gasteiger partial charge in [-0.1, -0.05) is 47.5 Å². The van der Waals surface area contributed by atoms with Crippen molar-refractivity contribution in [3.63, 3.8) is 0 Å². The second-order valence-corrected chi connectivity index (χ2v) is 5.65. The molecule has 0 aliphatic rings. The molecule has 0 spiro atoms. The van der Waals surface area contributed by atoms with Crippen molar-refractivity contribution in [2.75, 3.05) is 5.75 Å². The van der Waals surface area contributed by atoms with E-state index in [1.807, 2.05) is 31.2 Å². The third-order valence-corrected chi connectivity index (χ3v) is 3.94. The molecule has 1 unspecified atom stereocenters. The first-order chi connectivity index (χ1) is 8.65. The molecule has 0 aliphatic heterocycles. The lowest BCUT2D eigenvalue weighted by atomic mass is 10.1. The van der Waals surface area contributed by atoms with E-state index in [0.29, 0.717) is 5.75 Å². The van der Waals surface area contributed by atoms with Gasteiger partial charge >= 0.3 is 0 Å². The molecule has 1 atom stereocenters. The maximum Gasteiger partial charge on any atom is 0.0884 e. The predicted octanol–water partition coefficient (Wildman–Crippen LogP) is 4.13. The number of hydrogen-bond donors (Lipinski definition) is 1. The highest BCUT2D eigenvalue weighted by atomic mass is 32.2. The molecule has 0 saturated heterocycles. The van der Waals surface area contributed by atoms with Gasteiger partial charge in [0, 0.05) is 10.6 Å².